The number of carboxylic acid groups (broad SMARTS) is 1. The van der Waals surface area contributed by atoms with Crippen molar-refractivity contribution >= 4 is 18.0 Å². The van der Waals surface area contributed by atoms with Crippen molar-refractivity contribution < 1.29 is 24.2 Å². The van der Waals surface area contributed by atoms with E-state index in [0.717, 1.165) is 0 Å². The van der Waals surface area contributed by atoms with Gasteiger partial charge in [-0.15, -0.1) is 0 Å². The average molecular weight is 298 g/mol. The topological polar surface area (TPSA) is 114 Å². The van der Waals surface area contributed by atoms with Crippen molar-refractivity contribution in [1.29, 1.82) is 0 Å². The SMILES string of the molecule is COC(=O)CCN(C)C(=O)NCCn1cnc(C(=O)O)c1. The lowest BCUT2D eigenvalue weighted by Crippen LogP contribution is -2.39. The van der Waals surface area contributed by atoms with Gasteiger partial charge in [-0.3, -0.25) is 4.79 Å². The number of methoxy groups -OCH3 is 1. The Morgan fingerprint density at radius 2 is 2.19 bits per heavy atom. The van der Waals surface area contributed by atoms with Gasteiger partial charge < -0.3 is 24.6 Å². The van der Waals surface area contributed by atoms with Gasteiger partial charge >= 0.3 is 18.0 Å². The maximum absolute atomic E-state index is 11.7. The number of aromatic nitrogens is 2. The Morgan fingerprint density at radius 3 is 2.76 bits per heavy atom. The molecule has 0 aliphatic rings. The van der Waals surface area contributed by atoms with Crippen LogP contribution in [0.25, 0.3) is 0 Å². The van der Waals surface area contributed by atoms with E-state index >= 15 is 0 Å². The van der Waals surface area contributed by atoms with Crippen molar-refractivity contribution in [2.75, 3.05) is 27.2 Å². The number of urea groups is 1. The molecule has 1 aromatic rings. The quantitative estimate of drug-likeness (QED) is 0.673. The molecule has 0 aromatic carbocycles. The monoisotopic (exact) mass is 298 g/mol. The van der Waals surface area contributed by atoms with Crippen molar-refractivity contribution in [3.63, 3.8) is 0 Å². The number of carbonyl (C=O) groups excluding carboxylic acids is 2. The maximum atomic E-state index is 11.7. The largest absolute Gasteiger partial charge is 0.476 e. The number of rotatable bonds is 7. The van der Waals surface area contributed by atoms with Crippen molar-refractivity contribution in [1.82, 2.24) is 19.8 Å². The Bertz CT molecular complexity index is 514. The summed E-state index contributed by atoms with van der Waals surface area (Å²) in [5, 5.41) is 11.4. The van der Waals surface area contributed by atoms with Gasteiger partial charge in [-0.1, -0.05) is 0 Å². The highest BCUT2D eigenvalue weighted by molar-refractivity contribution is 5.84. The van der Waals surface area contributed by atoms with Crippen LogP contribution in [0.5, 0.6) is 0 Å². The molecule has 2 amide bonds. The fourth-order valence-corrected chi connectivity index (χ4v) is 1.48. The first-order valence-corrected chi connectivity index (χ1v) is 6.25. The number of ether oxygens (including phenoxy) is 1. The molecular formula is C12H18N4O5. The molecule has 116 valence electrons. The Labute approximate surface area is 121 Å². The second-order valence-corrected chi connectivity index (χ2v) is 4.28. The lowest BCUT2D eigenvalue weighted by atomic mass is 10.4. The molecule has 0 spiro atoms. The molecule has 0 fully saturated rings. The molecule has 21 heavy (non-hydrogen) atoms. The molecule has 0 atom stereocenters. The van der Waals surface area contributed by atoms with E-state index < -0.39 is 5.97 Å². The number of amides is 2. The lowest BCUT2D eigenvalue weighted by Gasteiger charge is -2.17. The molecule has 0 radical (unpaired) electrons. The molecule has 0 saturated heterocycles. The van der Waals surface area contributed by atoms with Gasteiger partial charge in [0.1, 0.15) is 0 Å². The fourth-order valence-electron chi connectivity index (χ4n) is 1.48. The predicted molar refractivity (Wildman–Crippen MR) is 71.8 cm³/mol. The maximum Gasteiger partial charge on any atom is 0.356 e. The van der Waals surface area contributed by atoms with Crippen LogP contribution in [0.2, 0.25) is 0 Å². The highest BCUT2D eigenvalue weighted by Crippen LogP contribution is 1.96. The number of nitrogens with one attached hydrogen (secondary N) is 1. The number of hydrogen-bond acceptors (Lipinski definition) is 5. The summed E-state index contributed by atoms with van der Waals surface area (Å²) in [5.74, 6) is -1.48. The summed E-state index contributed by atoms with van der Waals surface area (Å²) in [6.07, 6.45) is 2.90. The second-order valence-electron chi connectivity index (χ2n) is 4.28. The van der Waals surface area contributed by atoms with Crippen LogP contribution in [0, 0.1) is 0 Å². The molecule has 0 saturated carbocycles. The molecule has 0 aliphatic heterocycles. The first-order chi connectivity index (χ1) is 9.93. The number of nitrogens with zero attached hydrogens (tertiary/aromatic N) is 3. The van der Waals surface area contributed by atoms with E-state index in [1.807, 2.05) is 0 Å². The smallest absolute Gasteiger partial charge is 0.356 e. The Kier molecular flexibility index (Phi) is 6.18. The summed E-state index contributed by atoms with van der Waals surface area (Å²) >= 11 is 0. The lowest BCUT2D eigenvalue weighted by molar-refractivity contribution is -0.140. The van der Waals surface area contributed by atoms with Crippen molar-refractivity contribution in [3.8, 4) is 0 Å². The van der Waals surface area contributed by atoms with E-state index in [2.05, 4.69) is 15.0 Å². The van der Waals surface area contributed by atoms with Crippen LogP contribution in [-0.4, -0.2) is 64.8 Å². The molecule has 9 heteroatoms. The average Bonchev–Trinajstić information content (AvgIpc) is 2.93. The van der Waals surface area contributed by atoms with E-state index in [4.69, 9.17) is 5.11 Å². The van der Waals surface area contributed by atoms with Crippen LogP contribution in [0.3, 0.4) is 0 Å². The zero-order valence-corrected chi connectivity index (χ0v) is 11.9. The Morgan fingerprint density at radius 1 is 1.48 bits per heavy atom. The van der Waals surface area contributed by atoms with Gasteiger partial charge in [-0.05, 0) is 0 Å². The summed E-state index contributed by atoms with van der Waals surface area (Å²) in [5.41, 5.74) is -0.0449. The minimum absolute atomic E-state index is 0.0449. The molecule has 1 heterocycles. The van der Waals surface area contributed by atoms with E-state index in [1.165, 1.54) is 24.5 Å². The van der Waals surface area contributed by atoms with Crippen LogP contribution in [-0.2, 0) is 16.1 Å². The summed E-state index contributed by atoms with van der Waals surface area (Å²) in [4.78, 5) is 38.4. The number of esters is 1. The number of imidazole rings is 1. The van der Waals surface area contributed by atoms with Gasteiger partial charge in [-0.25, -0.2) is 14.6 Å². The Hall–Kier alpha value is -2.58. The number of hydrogen-bond donors (Lipinski definition) is 2. The van der Waals surface area contributed by atoms with Gasteiger partial charge in [0.25, 0.3) is 0 Å². The van der Waals surface area contributed by atoms with Gasteiger partial charge in [0, 0.05) is 32.9 Å². The van der Waals surface area contributed by atoms with Crippen LogP contribution in [0.1, 0.15) is 16.9 Å². The van der Waals surface area contributed by atoms with Gasteiger partial charge in [0.2, 0.25) is 0 Å². The summed E-state index contributed by atoms with van der Waals surface area (Å²) in [6.45, 7) is 0.973. The van der Waals surface area contributed by atoms with E-state index in [0.29, 0.717) is 13.1 Å². The van der Waals surface area contributed by atoms with Gasteiger partial charge in [0.05, 0.1) is 19.9 Å². The number of carboxylic acids is 1. The van der Waals surface area contributed by atoms with Crippen LogP contribution in [0.4, 0.5) is 4.79 Å². The molecule has 0 bridgehead atoms. The molecule has 1 rings (SSSR count). The van der Waals surface area contributed by atoms with E-state index in [1.54, 1.807) is 11.6 Å². The van der Waals surface area contributed by atoms with E-state index in [9.17, 15) is 14.4 Å². The van der Waals surface area contributed by atoms with Gasteiger partial charge in [0.15, 0.2) is 5.69 Å². The van der Waals surface area contributed by atoms with Gasteiger partial charge in [-0.2, -0.15) is 0 Å². The van der Waals surface area contributed by atoms with E-state index in [-0.39, 0.29) is 30.7 Å². The molecule has 2 N–H and O–H groups in total. The van der Waals surface area contributed by atoms with Crippen molar-refractivity contribution in [3.05, 3.63) is 18.2 Å². The van der Waals surface area contributed by atoms with Crippen LogP contribution in [0.15, 0.2) is 12.5 Å². The first-order valence-electron chi connectivity index (χ1n) is 6.25. The fraction of sp³-hybridized carbons (Fsp3) is 0.500. The minimum Gasteiger partial charge on any atom is -0.476 e. The highest BCUT2D eigenvalue weighted by Gasteiger charge is 2.10. The summed E-state index contributed by atoms with van der Waals surface area (Å²) in [7, 11) is 2.86. The third kappa shape index (κ3) is 5.51. The minimum atomic E-state index is -1.10. The van der Waals surface area contributed by atoms with Crippen molar-refractivity contribution in [2.24, 2.45) is 0 Å². The van der Waals surface area contributed by atoms with Crippen LogP contribution < -0.4 is 5.32 Å². The van der Waals surface area contributed by atoms with Crippen molar-refractivity contribution in [2.45, 2.75) is 13.0 Å². The molecular weight excluding hydrogens is 280 g/mol. The second kappa shape index (κ2) is 7.88. The third-order valence-electron chi connectivity index (χ3n) is 2.72. The van der Waals surface area contributed by atoms with Crippen LogP contribution >= 0.6 is 0 Å². The normalized spacial score (nSPS) is 10.0. The standard InChI is InChI=1S/C12H18N4O5/c1-15(5-3-10(17)21-2)12(20)13-4-6-16-7-9(11(18)19)14-8-16/h7-8H,3-6H2,1-2H3,(H,13,20)(H,18,19). The predicted octanol–water partition coefficient (Wildman–Crippen LogP) is -0.214. The number of carbonyl (C=O) groups is 3. The molecule has 0 unspecified atom stereocenters. The summed E-state index contributed by atoms with van der Waals surface area (Å²) < 4.78 is 6.05. The molecule has 9 nitrogen and oxygen atoms in total. The first kappa shape index (κ1) is 16.5. The zero-order chi connectivity index (χ0) is 15.8. The zero-order valence-electron chi connectivity index (χ0n) is 11.9. The number of aromatic carboxylic acids is 1. The molecule has 1 aromatic heterocycles. The Balaban J connectivity index is 2.28. The highest BCUT2D eigenvalue weighted by atomic mass is 16.5. The molecule has 0 aliphatic carbocycles. The third-order valence-corrected chi connectivity index (χ3v) is 2.72. The summed E-state index contributed by atoms with van der Waals surface area (Å²) in [6, 6.07) is -0.322.